The fourth-order valence-electron chi connectivity index (χ4n) is 2.06. The summed E-state index contributed by atoms with van der Waals surface area (Å²) in [6, 6.07) is 14.5. The van der Waals surface area contributed by atoms with E-state index in [0.717, 1.165) is 16.7 Å². The van der Waals surface area contributed by atoms with Crippen molar-refractivity contribution < 1.29 is 14.3 Å². The van der Waals surface area contributed by atoms with Gasteiger partial charge in [0.1, 0.15) is 5.75 Å². The molecule has 5 heteroatoms. The molecule has 0 saturated carbocycles. The number of benzene rings is 2. The average Bonchev–Trinajstić information content (AvgIpc) is 2.97. The number of aromatic amines is 1. The van der Waals surface area contributed by atoms with Crippen molar-refractivity contribution in [2.75, 3.05) is 12.4 Å². The van der Waals surface area contributed by atoms with Gasteiger partial charge in [0.2, 0.25) is 0 Å². The smallest absolute Gasteiger partial charge is 0.417 e. The molecule has 2 aromatic carbocycles. The molecule has 0 saturated heterocycles. The van der Waals surface area contributed by atoms with Gasteiger partial charge in [0.25, 0.3) is 0 Å². The first kappa shape index (κ1) is 13.1. The van der Waals surface area contributed by atoms with Crippen molar-refractivity contribution in [2.24, 2.45) is 0 Å². The van der Waals surface area contributed by atoms with Crippen molar-refractivity contribution in [3.63, 3.8) is 0 Å². The molecule has 3 aromatic rings. The predicted molar refractivity (Wildman–Crippen MR) is 80.9 cm³/mol. The number of para-hydroxylation sites is 1. The molecule has 5 nitrogen and oxygen atoms in total. The molecule has 0 aliphatic rings. The summed E-state index contributed by atoms with van der Waals surface area (Å²) in [4.78, 5) is 15.0. The summed E-state index contributed by atoms with van der Waals surface area (Å²) in [5.74, 6) is 1.22. The summed E-state index contributed by atoms with van der Waals surface area (Å²) in [7, 11) is 1.59. The number of rotatable bonds is 3. The SMILES string of the molecule is COc1ccc(NC(=O)Oc2cccc3cc[nH]c23)cc1. The van der Waals surface area contributed by atoms with Gasteiger partial charge in [-0.1, -0.05) is 12.1 Å². The Morgan fingerprint density at radius 3 is 2.67 bits per heavy atom. The molecule has 3 rings (SSSR count). The third-order valence-corrected chi connectivity index (χ3v) is 3.09. The molecular formula is C16H14N2O3. The highest BCUT2D eigenvalue weighted by atomic mass is 16.6. The number of hydrogen-bond acceptors (Lipinski definition) is 3. The maximum absolute atomic E-state index is 11.9. The Morgan fingerprint density at radius 2 is 1.90 bits per heavy atom. The topological polar surface area (TPSA) is 63.4 Å². The molecule has 1 amide bonds. The van der Waals surface area contributed by atoms with E-state index in [4.69, 9.17) is 9.47 Å². The van der Waals surface area contributed by atoms with Crippen molar-refractivity contribution in [2.45, 2.75) is 0 Å². The first-order valence-corrected chi connectivity index (χ1v) is 6.45. The van der Waals surface area contributed by atoms with Crippen LogP contribution < -0.4 is 14.8 Å². The Hall–Kier alpha value is -2.95. The lowest BCUT2D eigenvalue weighted by Crippen LogP contribution is -2.16. The summed E-state index contributed by atoms with van der Waals surface area (Å²) in [5.41, 5.74) is 1.43. The molecule has 0 radical (unpaired) electrons. The van der Waals surface area contributed by atoms with E-state index in [0.29, 0.717) is 11.4 Å². The second-order valence-corrected chi connectivity index (χ2v) is 4.44. The number of H-pyrrole nitrogens is 1. The number of anilines is 1. The zero-order valence-electron chi connectivity index (χ0n) is 11.4. The van der Waals surface area contributed by atoms with Crippen LogP contribution in [0.3, 0.4) is 0 Å². The third kappa shape index (κ3) is 2.81. The lowest BCUT2D eigenvalue weighted by atomic mass is 10.2. The highest BCUT2D eigenvalue weighted by molar-refractivity contribution is 5.91. The van der Waals surface area contributed by atoms with Crippen LogP contribution in [0.4, 0.5) is 10.5 Å². The van der Waals surface area contributed by atoms with E-state index >= 15 is 0 Å². The van der Waals surface area contributed by atoms with Crippen LogP contribution in [0.2, 0.25) is 0 Å². The minimum Gasteiger partial charge on any atom is -0.497 e. The first-order chi connectivity index (χ1) is 10.3. The molecular weight excluding hydrogens is 268 g/mol. The van der Waals surface area contributed by atoms with Crippen LogP contribution in [0, 0.1) is 0 Å². The van der Waals surface area contributed by atoms with Crippen LogP contribution in [0.1, 0.15) is 0 Å². The number of methoxy groups -OCH3 is 1. The Labute approximate surface area is 121 Å². The zero-order chi connectivity index (χ0) is 14.7. The van der Waals surface area contributed by atoms with Crippen molar-refractivity contribution >= 4 is 22.7 Å². The van der Waals surface area contributed by atoms with Gasteiger partial charge < -0.3 is 14.5 Å². The summed E-state index contributed by atoms with van der Waals surface area (Å²) >= 11 is 0. The van der Waals surface area contributed by atoms with Gasteiger partial charge in [0.15, 0.2) is 5.75 Å². The normalized spacial score (nSPS) is 10.3. The third-order valence-electron chi connectivity index (χ3n) is 3.09. The van der Waals surface area contributed by atoms with Gasteiger partial charge in [0, 0.05) is 17.3 Å². The summed E-state index contributed by atoms with van der Waals surface area (Å²) < 4.78 is 10.4. The zero-order valence-corrected chi connectivity index (χ0v) is 11.4. The second kappa shape index (κ2) is 5.58. The number of carbonyl (C=O) groups is 1. The fourth-order valence-corrected chi connectivity index (χ4v) is 2.06. The van der Waals surface area contributed by atoms with Crippen LogP contribution in [0.25, 0.3) is 10.9 Å². The summed E-state index contributed by atoms with van der Waals surface area (Å²) in [6.07, 6.45) is 1.26. The Kier molecular flexibility index (Phi) is 3.47. The molecule has 2 N–H and O–H groups in total. The molecule has 1 aromatic heterocycles. The Balaban J connectivity index is 1.72. The van der Waals surface area contributed by atoms with E-state index in [-0.39, 0.29) is 0 Å². The van der Waals surface area contributed by atoms with Crippen LogP contribution in [0.5, 0.6) is 11.5 Å². The number of hydrogen-bond donors (Lipinski definition) is 2. The molecule has 0 fully saturated rings. The van der Waals surface area contributed by atoms with Crippen molar-refractivity contribution in [1.82, 2.24) is 4.98 Å². The second-order valence-electron chi connectivity index (χ2n) is 4.44. The minimum absolute atomic E-state index is 0.489. The molecule has 0 unspecified atom stereocenters. The van der Waals surface area contributed by atoms with Gasteiger partial charge in [-0.3, -0.25) is 5.32 Å². The van der Waals surface area contributed by atoms with E-state index in [1.807, 2.05) is 18.2 Å². The largest absolute Gasteiger partial charge is 0.497 e. The summed E-state index contributed by atoms with van der Waals surface area (Å²) in [6.45, 7) is 0. The molecule has 21 heavy (non-hydrogen) atoms. The highest BCUT2D eigenvalue weighted by Gasteiger charge is 2.09. The van der Waals surface area contributed by atoms with E-state index in [1.54, 1.807) is 43.6 Å². The number of carbonyl (C=O) groups excluding carboxylic acids is 1. The Bertz CT molecular complexity index is 763. The molecule has 0 spiro atoms. The monoisotopic (exact) mass is 282 g/mol. The lowest BCUT2D eigenvalue weighted by molar-refractivity contribution is 0.215. The molecule has 0 aliphatic heterocycles. The van der Waals surface area contributed by atoms with E-state index in [1.165, 1.54) is 0 Å². The van der Waals surface area contributed by atoms with Crippen molar-refractivity contribution in [3.8, 4) is 11.5 Å². The van der Waals surface area contributed by atoms with Gasteiger partial charge in [-0.2, -0.15) is 0 Å². The maximum Gasteiger partial charge on any atom is 0.417 e. The van der Waals surface area contributed by atoms with Gasteiger partial charge in [0.05, 0.1) is 12.6 Å². The van der Waals surface area contributed by atoms with Crippen LogP contribution in [0.15, 0.2) is 54.7 Å². The van der Waals surface area contributed by atoms with Crippen LogP contribution in [-0.2, 0) is 0 Å². The summed E-state index contributed by atoms with van der Waals surface area (Å²) in [5, 5.41) is 3.66. The molecule has 1 heterocycles. The van der Waals surface area contributed by atoms with Gasteiger partial charge in [-0.25, -0.2) is 4.79 Å². The lowest BCUT2D eigenvalue weighted by Gasteiger charge is -2.08. The highest BCUT2D eigenvalue weighted by Crippen LogP contribution is 2.24. The average molecular weight is 282 g/mol. The quantitative estimate of drug-likeness (QED) is 0.768. The molecule has 0 aliphatic carbocycles. The fraction of sp³-hybridized carbons (Fsp3) is 0.0625. The Morgan fingerprint density at radius 1 is 1.10 bits per heavy atom. The molecule has 0 bridgehead atoms. The van der Waals surface area contributed by atoms with E-state index in [9.17, 15) is 4.79 Å². The predicted octanol–water partition coefficient (Wildman–Crippen LogP) is 3.79. The number of ether oxygens (including phenoxy) is 2. The first-order valence-electron chi connectivity index (χ1n) is 6.45. The van der Waals surface area contributed by atoms with Gasteiger partial charge >= 0.3 is 6.09 Å². The molecule has 0 atom stereocenters. The van der Waals surface area contributed by atoms with E-state index < -0.39 is 6.09 Å². The standard InChI is InChI=1S/C16H14N2O3/c1-20-13-7-5-12(6-8-13)18-16(19)21-14-4-2-3-11-9-10-17-15(11)14/h2-10,17H,1H3,(H,18,19). The van der Waals surface area contributed by atoms with Crippen molar-refractivity contribution in [1.29, 1.82) is 0 Å². The van der Waals surface area contributed by atoms with Crippen molar-refractivity contribution in [3.05, 3.63) is 54.7 Å². The maximum atomic E-state index is 11.9. The number of nitrogens with one attached hydrogen (secondary N) is 2. The van der Waals surface area contributed by atoms with Crippen LogP contribution in [-0.4, -0.2) is 18.2 Å². The minimum atomic E-state index is -0.540. The van der Waals surface area contributed by atoms with Gasteiger partial charge in [-0.15, -0.1) is 0 Å². The number of amides is 1. The van der Waals surface area contributed by atoms with Gasteiger partial charge in [-0.05, 0) is 36.4 Å². The number of fused-ring (bicyclic) bond motifs is 1. The number of aromatic nitrogens is 1. The molecule has 106 valence electrons. The van der Waals surface area contributed by atoms with E-state index in [2.05, 4.69) is 10.3 Å². The van der Waals surface area contributed by atoms with Crippen LogP contribution >= 0.6 is 0 Å².